The summed E-state index contributed by atoms with van der Waals surface area (Å²) in [5.41, 5.74) is 14.3. The molecule has 4 aliphatic rings. The number of pyridine rings is 5. The van der Waals surface area contributed by atoms with Gasteiger partial charge in [-0.15, -0.1) is 45.3 Å². The van der Waals surface area contributed by atoms with Crippen molar-refractivity contribution >= 4 is 98.2 Å². The largest absolute Gasteiger partial charge is 0.486 e. The summed E-state index contributed by atoms with van der Waals surface area (Å²) in [7, 11) is 0. The molecule has 0 radical (unpaired) electrons. The minimum Gasteiger partial charge on any atom is -0.486 e. The van der Waals surface area contributed by atoms with Gasteiger partial charge in [0.25, 0.3) is 0 Å². The van der Waals surface area contributed by atoms with Gasteiger partial charge in [0.15, 0.2) is 17.3 Å². The smallest absolute Gasteiger partial charge is 0.165 e. The van der Waals surface area contributed by atoms with Crippen LogP contribution in [0.4, 0.5) is 4.39 Å². The monoisotopic (exact) mass is 1660 g/mol. The minimum absolute atomic E-state index is 0.0636. The number of H-pyrrole nitrogens is 2. The molecule has 28 heteroatoms. The lowest BCUT2D eigenvalue weighted by molar-refractivity contribution is -0.116. The predicted octanol–water partition coefficient (Wildman–Crippen LogP) is 19.4. The second-order valence-corrected chi connectivity index (χ2v) is 32.9. The van der Waals surface area contributed by atoms with Gasteiger partial charge >= 0.3 is 0 Å². The van der Waals surface area contributed by atoms with Gasteiger partial charge in [-0.25, -0.2) is 14.4 Å². The van der Waals surface area contributed by atoms with E-state index in [1.165, 1.54) is 6.33 Å². The number of halogens is 3. The topological polar surface area (TPSA) is 284 Å². The van der Waals surface area contributed by atoms with Gasteiger partial charge in [0.2, 0.25) is 0 Å². The number of hydrogen-bond acceptors (Lipinski definition) is 23. The summed E-state index contributed by atoms with van der Waals surface area (Å²) in [6, 6.07) is 56.2. The molecular formula is C89H72Cl2FN15O6S4. The Morgan fingerprint density at radius 3 is 1.62 bits per heavy atom. The number of likely N-dealkylation sites (tertiary alicyclic amines) is 1. The number of benzene rings is 4. The number of nitrogens with one attached hydrogen (secondary N) is 2. The van der Waals surface area contributed by atoms with Crippen LogP contribution in [0.25, 0.3) is 74.3 Å². The number of aromatic nitrogens is 10. The number of nitrogens with zero attached hydrogens (tertiary/aromatic N) is 13. The molecule has 0 saturated carbocycles. The van der Waals surface area contributed by atoms with E-state index in [1.54, 1.807) is 140 Å². The highest BCUT2D eigenvalue weighted by Gasteiger charge is 2.44. The number of thiophene rings is 4. The molecule has 0 bridgehead atoms. The molecular weight excluding hydrogens is 1590 g/mol. The molecule has 15 heterocycles. The number of aromatic amines is 2. The van der Waals surface area contributed by atoms with E-state index in [1.807, 2.05) is 164 Å². The maximum absolute atomic E-state index is 14.6. The van der Waals surface area contributed by atoms with Gasteiger partial charge < -0.3 is 29.8 Å². The van der Waals surface area contributed by atoms with Gasteiger partial charge in [0, 0.05) is 170 Å². The molecule has 1 fully saturated rings. The molecule has 0 aliphatic carbocycles. The first-order valence-electron chi connectivity index (χ1n) is 37.2. The lowest BCUT2D eigenvalue weighted by atomic mass is 9.89. The maximum Gasteiger partial charge on any atom is 0.165 e. The third-order valence-electron chi connectivity index (χ3n) is 19.5. The van der Waals surface area contributed by atoms with E-state index in [4.69, 9.17) is 32.7 Å². The number of ketones is 1. The summed E-state index contributed by atoms with van der Waals surface area (Å²) < 4.78 is 25.8. The summed E-state index contributed by atoms with van der Waals surface area (Å²) in [4.78, 5) is 54.4. The molecule has 0 amide bonds. The third kappa shape index (κ3) is 18.4. The van der Waals surface area contributed by atoms with Gasteiger partial charge in [-0.1, -0.05) is 89.9 Å². The summed E-state index contributed by atoms with van der Waals surface area (Å²) in [6.45, 7) is 4.90. The van der Waals surface area contributed by atoms with Crippen molar-refractivity contribution in [2.24, 2.45) is 20.4 Å². The highest BCUT2D eigenvalue weighted by molar-refractivity contribution is 7.19. The van der Waals surface area contributed by atoms with Crippen LogP contribution in [0.1, 0.15) is 111 Å². The van der Waals surface area contributed by atoms with Crippen molar-refractivity contribution in [2.45, 2.75) is 63.1 Å². The Kier molecular flexibility index (Phi) is 24.3. The van der Waals surface area contributed by atoms with Crippen molar-refractivity contribution in [2.75, 3.05) is 26.3 Å². The first-order valence-corrected chi connectivity index (χ1v) is 41.2. The molecule has 15 aromatic rings. The van der Waals surface area contributed by atoms with E-state index in [2.05, 4.69) is 87.5 Å². The second-order valence-electron chi connectivity index (χ2n) is 27.8. The molecule has 4 atom stereocenters. The maximum atomic E-state index is 14.6. The molecule has 19 rings (SSSR count). The van der Waals surface area contributed by atoms with Crippen molar-refractivity contribution in [1.82, 2.24) is 55.0 Å². The molecule has 4 aliphatic heterocycles. The first-order chi connectivity index (χ1) is 57.1. The van der Waals surface area contributed by atoms with Crippen LogP contribution in [0, 0.1) is 0 Å². The normalized spacial score (nSPS) is 14.8. The zero-order valence-corrected chi connectivity index (χ0v) is 67.5. The standard InChI is InChI=1S/C25H23ClFN5OS.C24H18N4OS.C21H17N3O3S.C19H14ClN3OS/c1-15(33)9-19-10-17(7-8-28-19)21-11-20(23(34-21)24-29-14-30-31-24)22(32-12-25(2,27)13-32)16-3-5-18(26)6-4-16;29-23(18-5-3-16(4-6-18)19-2-1-10-26-15-19)20-14-22(17-7-11-25-12-8-17)30-24(20)21-9-13-27-28-21;25-19(14-1-2-16-17(11-14)27-10-9-26-16)15-12-18(13-3-5-22-6-4-13)28-20(15)21-23-7-8-24-21;20-15-4-2-1-3-13(15)18(24)14-11-17(12-5-8-21-9-6-12)25-19(14)16-7-10-22-23-16/h3-8,10-11,14,22H,9,12-13H2,1-2H3,(H,29,30,31);1-8,10-15,23,29H,9H2;1-8,11-12,19,25H,9-10H2,(H,23,24);1-6,8-11,18,24H,7H2. The number of fused-ring (bicyclic) bond motifs is 1. The number of carbonyl (C=O) groups excluding carboxylic acids is 1. The van der Waals surface area contributed by atoms with Crippen molar-refractivity contribution in [3.8, 4) is 85.8 Å². The van der Waals surface area contributed by atoms with Crippen LogP contribution in [0.2, 0.25) is 10.0 Å². The molecule has 5 N–H and O–H groups in total. The van der Waals surface area contributed by atoms with Crippen LogP contribution >= 0.6 is 68.5 Å². The lowest BCUT2D eigenvalue weighted by Crippen LogP contribution is -2.58. The van der Waals surface area contributed by atoms with Crippen molar-refractivity contribution < 1.29 is 34.0 Å². The van der Waals surface area contributed by atoms with E-state index < -0.39 is 24.0 Å². The minimum atomic E-state index is -1.22. The average molecular weight is 1670 g/mol. The van der Waals surface area contributed by atoms with E-state index in [0.717, 1.165) is 134 Å². The first kappa shape index (κ1) is 78.9. The SMILES string of the molecule is CC(=O)Cc1cc(-c2cc(C(c3ccc(Cl)cc3)N3CC(C)(F)C3)c(-c3ncn[nH]3)s2)ccn1.OC(c1ccc(-c2cccnc2)cc1)c1cc(-c2ccncc2)sc1C1=NN=CC1.OC(c1ccc2c(c1)OCCO2)c1cc(-c2ccncc2)sc1-c1ncc[nH]1.OC(c1ccccc1Cl)c1cc(-c2ccncc2)sc1C1=NN=CC1. The van der Waals surface area contributed by atoms with Crippen molar-refractivity contribution in [3.05, 3.63) is 320 Å². The number of hydrogen-bond donors (Lipinski definition) is 5. The van der Waals surface area contributed by atoms with Crippen LogP contribution in [-0.2, 0) is 11.2 Å². The summed E-state index contributed by atoms with van der Waals surface area (Å²) in [6.07, 6.45) is 23.7. The zero-order chi connectivity index (χ0) is 80.4. The Morgan fingerprint density at radius 1 is 0.513 bits per heavy atom. The number of Topliss-reactive ketones (excluding diaryl/α,β-unsaturated/α-hetero) is 1. The molecule has 0 spiro atoms. The Morgan fingerprint density at radius 2 is 1.06 bits per heavy atom. The number of imidazole rings is 1. The Bertz CT molecular complexity index is 6060. The number of aliphatic hydroxyl groups is 3. The third-order valence-corrected chi connectivity index (χ3v) is 25.0. The van der Waals surface area contributed by atoms with Crippen LogP contribution in [0.3, 0.4) is 0 Å². The fraction of sp³-hybridized carbons (Fsp3) is 0.157. The zero-order valence-electron chi connectivity index (χ0n) is 62.7. The van der Waals surface area contributed by atoms with Gasteiger partial charge in [-0.2, -0.15) is 25.5 Å². The molecule has 21 nitrogen and oxygen atoms in total. The number of ether oxygens (including phenoxy) is 2. The molecule has 117 heavy (non-hydrogen) atoms. The van der Waals surface area contributed by atoms with Crippen molar-refractivity contribution in [3.63, 3.8) is 0 Å². The van der Waals surface area contributed by atoms with E-state index in [-0.39, 0.29) is 18.2 Å². The van der Waals surface area contributed by atoms with Crippen LogP contribution < -0.4 is 9.47 Å². The van der Waals surface area contributed by atoms with E-state index in [9.17, 15) is 24.5 Å². The van der Waals surface area contributed by atoms with Crippen LogP contribution in [0.5, 0.6) is 11.5 Å². The van der Waals surface area contributed by atoms with Gasteiger partial charge in [0.05, 0.1) is 37.0 Å². The van der Waals surface area contributed by atoms with Gasteiger partial charge in [0.1, 0.15) is 55.1 Å². The van der Waals surface area contributed by atoms with E-state index in [0.29, 0.717) is 72.1 Å². The molecule has 4 aromatic carbocycles. The Hall–Kier alpha value is -11.9. The van der Waals surface area contributed by atoms with E-state index >= 15 is 0 Å². The van der Waals surface area contributed by atoms with Gasteiger partial charge in [-0.05, 0) is 179 Å². The summed E-state index contributed by atoms with van der Waals surface area (Å²) in [5.74, 6) is 2.82. The predicted molar refractivity (Wildman–Crippen MR) is 462 cm³/mol. The average Bonchev–Trinajstić information content (AvgIpc) is 1.71. The molecule has 4 unspecified atom stereocenters. The molecule has 584 valence electrons. The fourth-order valence-electron chi connectivity index (χ4n) is 14.0. The number of aliphatic hydroxyl groups excluding tert-OH is 3. The Balaban J connectivity index is 0.000000117. The van der Waals surface area contributed by atoms with Gasteiger partial charge in [-0.3, -0.25) is 39.7 Å². The van der Waals surface area contributed by atoms with Crippen molar-refractivity contribution in [1.29, 1.82) is 0 Å². The molecule has 11 aromatic heterocycles. The summed E-state index contributed by atoms with van der Waals surface area (Å²) in [5, 5.41) is 58.1. The lowest BCUT2D eigenvalue weighted by Gasteiger charge is -2.47. The number of rotatable bonds is 20. The van der Waals surface area contributed by atoms with Crippen LogP contribution in [-0.4, -0.2) is 132 Å². The Labute approximate surface area is 698 Å². The highest BCUT2D eigenvalue weighted by atomic mass is 35.5. The quantitative estimate of drug-likeness (QED) is 0.0474. The summed E-state index contributed by atoms with van der Waals surface area (Å²) >= 11 is 18.8. The second kappa shape index (κ2) is 36.1. The molecule has 1 saturated heterocycles. The van der Waals surface area contributed by atoms with Crippen LogP contribution in [0.15, 0.2) is 271 Å². The fourth-order valence-corrected chi connectivity index (χ4v) is 19.0. The highest BCUT2D eigenvalue weighted by Crippen LogP contribution is 2.49. The number of alkyl halides is 1. The number of carbonyl (C=O) groups is 1.